The van der Waals surface area contributed by atoms with Gasteiger partial charge in [0.25, 0.3) is 0 Å². The summed E-state index contributed by atoms with van der Waals surface area (Å²) in [7, 11) is 0. The highest BCUT2D eigenvalue weighted by Gasteiger charge is 2.26. The van der Waals surface area contributed by atoms with Gasteiger partial charge in [-0.2, -0.15) is 0 Å². The van der Waals surface area contributed by atoms with Crippen molar-refractivity contribution in [1.29, 1.82) is 0 Å². The second-order valence-electron chi connectivity index (χ2n) is 4.76. The predicted molar refractivity (Wildman–Crippen MR) is 69.2 cm³/mol. The number of thiophene rings is 2. The maximum absolute atomic E-state index is 5.64. The monoisotopic (exact) mass is 240 g/mol. The molecule has 15 heavy (non-hydrogen) atoms. The Morgan fingerprint density at radius 2 is 2.07 bits per heavy atom. The molecular weight excluding hydrogens is 224 g/mol. The number of hydrogen-bond donors (Lipinski definition) is 2. The van der Waals surface area contributed by atoms with Crippen LogP contribution in [0.25, 0.3) is 9.40 Å². The average Bonchev–Trinajstić information content (AvgIpc) is 2.61. The Labute approximate surface area is 98.1 Å². The van der Waals surface area contributed by atoms with Crippen LogP contribution in [-0.4, -0.2) is 0 Å². The third-order valence-corrected chi connectivity index (χ3v) is 4.63. The van der Waals surface area contributed by atoms with Gasteiger partial charge in [0.1, 0.15) is 0 Å². The fourth-order valence-corrected chi connectivity index (χ4v) is 4.11. The van der Waals surface area contributed by atoms with Gasteiger partial charge >= 0.3 is 0 Å². The van der Waals surface area contributed by atoms with Gasteiger partial charge < -0.3 is 0 Å². The summed E-state index contributed by atoms with van der Waals surface area (Å²) in [5.41, 5.74) is 3.06. The Kier molecular flexibility index (Phi) is 2.85. The molecule has 0 aliphatic heterocycles. The number of nitrogens with two attached hydrogens (primary N) is 1. The predicted octanol–water partition coefficient (Wildman–Crippen LogP) is 3.51. The zero-order chi connectivity index (χ0) is 11.1. The Morgan fingerprint density at radius 3 is 2.60 bits per heavy atom. The van der Waals surface area contributed by atoms with Crippen LogP contribution >= 0.6 is 22.7 Å². The van der Waals surface area contributed by atoms with Gasteiger partial charge in [-0.1, -0.05) is 20.8 Å². The first-order valence-electron chi connectivity index (χ1n) is 4.95. The van der Waals surface area contributed by atoms with E-state index in [9.17, 15) is 0 Å². The molecule has 2 heterocycles. The summed E-state index contributed by atoms with van der Waals surface area (Å²) in [6.07, 6.45) is 0. The number of rotatable bonds is 2. The number of nitrogens with one attached hydrogen (secondary N) is 1. The Hall–Kier alpha value is -0.420. The van der Waals surface area contributed by atoms with Crippen LogP contribution in [0.15, 0.2) is 17.5 Å². The van der Waals surface area contributed by atoms with Gasteiger partial charge in [0.05, 0.1) is 6.04 Å². The summed E-state index contributed by atoms with van der Waals surface area (Å²) in [6, 6.07) is 4.65. The first-order chi connectivity index (χ1) is 7.02. The molecule has 0 radical (unpaired) electrons. The van der Waals surface area contributed by atoms with Crippen LogP contribution in [0.2, 0.25) is 0 Å². The summed E-state index contributed by atoms with van der Waals surface area (Å²) in [4.78, 5) is 1.33. The highest BCUT2D eigenvalue weighted by molar-refractivity contribution is 7.26. The molecule has 2 rings (SSSR count). The summed E-state index contributed by atoms with van der Waals surface area (Å²) in [5.74, 6) is 5.64. The first kappa shape index (κ1) is 11.1. The summed E-state index contributed by atoms with van der Waals surface area (Å²) < 4.78 is 2.72. The molecule has 2 nitrogen and oxygen atoms in total. The molecule has 0 fully saturated rings. The SMILES string of the molecule is CC(C)(C)C(NN)c1cc2sccc2s1. The van der Waals surface area contributed by atoms with E-state index in [1.165, 1.54) is 14.3 Å². The Bertz CT molecular complexity index is 422. The molecule has 0 amide bonds. The van der Waals surface area contributed by atoms with E-state index < -0.39 is 0 Å². The third-order valence-electron chi connectivity index (χ3n) is 2.48. The van der Waals surface area contributed by atoms with Crippen LogP contribution in [0.4, 0.5) is 0 Å². The fraction of sp³-hybridized carbons (Fsp3) is 0.455. The standard InChI is InChI=1S/C11H16N2S2/c1-11(2,3)10(13-12)9-6-8-7(15-9)4-5-14-8/h4-6,10,13H,12H2,1-3H3. The molecule has 0 saturated heterocycles. The zero-order valence-electron chi connectivity index (χ0n) is 9.20. The molecule has 0 saturated carbocycles. The van der Waals surface area contributed by atoms with E-state index in [1.54, 1.807) is 11.3 Å². The van der Waals surface area contributed by atoms with Crippen LogP contribution in [-0.2, 0) is 0 Å². The lowest BCUT2D eigenvalue weighted by Gasteiger charge is -2.28. The topological polar surface area (TPSA) is 38.0 Å². The van der Waals surface area contributed by atoms with Crippen LogP contribution < -0.4 is 11.3 Å². The zero-order valence-corrected chi connectivity index (χ0v) is 10.8. The normalized spacial score (nSPS) is 14.7. The molecule has 0 aliphatic rings. The van der Waals surface area contributed by atoms with Gasteiger partial charge in [-0.15, -0.1) is 22.7 Å². The highest BCUT2D eigenvalue weighted by Crippen LogP contribution is 2.39. The lowest BCUT2D eigenvalue weighted by Crippen LogP contribution is -2.36. The molecule has 0 aromatic carbocycles. The average molecular weight is 240 g/mol. The van der Waals surface area contributed by atoms with E-state index in [4.69, 9.17) is 5.84 Å². The molecule has 0 aliphatic carbocycles. The van der Waals surface area contributed by atoms with Crippen molar-refractivity contribution < 1.29 is 0 Å². The minimum Gasteiger partial charge on any atom is -0.271 e. The molecule has 2 aromatic rings. The van der Waals surface area contributed by atoms with E-state index in [2.05, 4.69) is 43.7 Å². The van der Waals surface area contributed by atoms with Gasteiger partial charge in [-0.05, 0) is 22.9 Å². The van der Waals surface area contributed by atoms with Gasteiger partial charge in [0.15, 0.2) is 0 Å². The van der Waals surface area contributed by atoms with Crippen molar-refractivity contribution in [3.8, 4) is 0 Å². The molecule has 0 spiro atoms. The molecule has 4 heteroatoms. The van der Waals surface area contributed by atoms with Crippen molar-refractivity contribution in [2.45, 2.75) is 26.8 Å². The van der Waals surface area contributed by atoms with Crippen molar-refractivity contribution in [3.05, 3.63) is 22.4 Å². The van der Waals surface area contributed by atoms with Gasteiger partial charge in [-0.25, -0.2) is 0 Å². The van der Waals surface area contributed by atoms with Crippen molar-refractivity contribution in [2.75, 3.05) is 0 Å². The second-order valence-corrected chi connectivity index (χ2v) is 6.83. The second kappa shape index (κ2) is 3.87. The first-order valence-corrected chi connectivity index (χ1v) is 6.65. The van der Waals surface area contributed by atoms with E-state index in [0.717, 1.165) is 0 Å². The molecule has 82 valence electrons. The molecule has 3 N–H and O–H groups in total. The number of hydrazine groups is 1. The lowest BCUT2D eigenvalue weighted by molar-refractivity contribution is 0.279. The maximum Gasteiger partial charge on any atom is 0.0602 e. The molecular formula is C11H16N2S2. The minimum absolute atomic E-state index is 0.141. The molecule has 2 aromatic heterocycles. The van der Waals surface area contributed by atoms with Crippen LogP contribution in [0, 0.1) is 5.41 Å². The molecule has 1 atom stereocenters. The highest BCUT2D eigenvalue weighted by atomic mass is 32.1. The smallest absolute Gasteiger partial charge is 0.0602 e. The van der Waals surface area contributed by atoms with Crippen molar-refractivity contribution in [1.82, 2.24) is 5.43 Å². The fourth-order valence-electron chi connectivity index (χ4n) is 1.69. The van der Waals surface area contributed by atoms with Gasteiger partial charge in [0.2, 0.25) is 0 Å². The van der Waals surface area contributed by atoms with E-state index in [0.29, 0.717) is 0 Å². The van der Waals surface area contributed by atoms with Gasteiger partial charge in [-0.3, -0.25) is 11.3 Å². The summed E-state index contributed by atoms with van der Waals surface area (Å²) in [5, 5.41) is 2.13. The largest absolute Gasteiger partial charge is 0.271 e. The summed E-state index contributed by atoms with van der Waals surface area (Å²) >= 11 is 3.62. The third kappa shape index (κ3) is 2.08. The maximum atomic E-state index is 5.64. The van der Waals surface area contributed by atoms with Crippen molar-refractivity contribution >= 4 is 32.1 Å². The Morgan fingerprint density at radius 1 is 1.33 bits per heavy atom. The van der Waals surface area contributed by atoms with Crippen LogP contribution in [0.3, 0.4) is 0 Å². The van der Waals surface area contributed by atoms with E-state index in [-0.39, 0.29) is 11.5 Å². The number of hydrogen-bond acceptors (Lipinski definition) is 4. The van der Waals surface area contributed by atoms with Crippen molar-refractivity contribution in [3.63, 3.8) is 0 Å². The van der Waals surface area contributed by atoms with Crippen LogP contribution in [0.1, 0.15) is 31.7 Å². The summed E-state index contributed by atoms with van der Waals surface area (Å²) in [6.45, 7) is 6.60. The molecule has 0 bridgehead atoms. The van der Waals surface area contributed by atoms with Crippen molar-refractivity contribution in [2.24, 2.45) is 11.3 Å². The van der Waals surface area contributed by atoms with E-state index in [1.807, 2.05) is 11.3 Å². The van der Waals surface area contributed by atoms with Crippen LogP contribution in [0.5, 0.6) is 0 Å². The van der Waals surface area contributed by atoms with E-state index >= 15 is 0 Å². The van der Waals surface area contributed by atoms with Gasteiger partial charge in [0, 0.05) is 14.3 Å². The minimum atomic E-state index is 0.141. The number of fused-ring (bicyclic) bond motifs is 1. The quantitative estimate of drug-likeness (QED) is 0.622. The molecule has 1 unspecified atom stereocenters. The Balaban J connectivity index is 2.40. The lowest BCUT2D eigenvalue weighted by atomic mass is 9.86.